The molecule has 0 radical (unpaired) electrons. The molecule has 1 saturated carbocycles. The van der Waals surface area contributed by atoms with Crippen molar-refractivity contribution in [1.29, 1.82) is 0 Å². The molecule has 19 heavy (non-hydrogen) atoms. The third kappa shape index (κ3) is 2.27. The van der Waals surface area contributed by atoms with Gasteiger partial charge in [0.05, 0.1) is 6.04 Å². The van der Waals surface area contributed by atoms with Crippen molar-refractivity contribution in [3.05, 3.63) is 35.9 Å². The Bertz CT molecular complexity index is 441. The Morgan fingerprint density at radius 1 is 1.26 bits per heavy atom. The number of nitrogens with one attached hydrogen (secondary N) is 1. The Kier molecular flexibility index (Phi) is 3.56. The highest BCUT2D eigenvalue weighted by molar-refractivity contribution is 5.85. The van der Waals surface area contributed by atoms with Gasteiger partial charge in [0.1, 0.15) is 6.17 Å². The van der Waals surface area contributed by atoms with Crippen molar-refractivity contribution < 1.29 is 4.79 Å². The van der Waals surface area contributed by atoms with Crippen molar-refractivity contribution in [2.75, 3.05) is 0 Å². The molecule has 2 atom stereocenters. The van der Waals surface area contributed by atoms with Crippen LogP contribution in [0.25, 0.3) is 0 Å². The molecule has 0 spiro atoms. The number of carbonyl (C=O) groups excluding carboxylic acids is 1. The fourth-order valence-electron chi connectivity index (χ4n) is 3.09. The molecule has 1 saturated heterocycles. The second-order valence-electron chi connectivity index (χ2n) is 5.65. The van der Waals surface area contributed by atoms with Crippen molar-refractivity contribution in [3.63, 3.8) is 0 Å². The summed E-state index contributed by atoms with van der Waals surface area (Å²) in [5.74, 6) is 0.306. The van der Waals surface area contributed by atoms with Gasteiger partial charge in [-0.3, -0.25) is 10.1 Å². The van der Waals surface area contributed by atoms with Crippen LogP contribution in [0, 0.1) is 0 Å². The average molecular weight is 258 g/mol. The maximum atomic E-state index is 12.6. The molecule has 1 amide bonds. The lowest BCUT2D eigenvalue weighted by molar-refractivity contribution is -0.134. The van der Waals surface area contributed by atoms with Crippen LogP contribution in [0.2, 0.25) is 0 Å². The normalized spacial score (nSPS) is 27.6. The van der Waals surface area contributed by atoms with E-state index in [-0.39, 0.29) is 12.2 Å². The second-order valence-corrected chi connectivity index (χ2v) is 5.65. The minimum absolute atomic E-state index is 0.0100. The zero-order chi connectivity index (χ0) is 13.2. The summed E-state index contributed by atoms with van der Waals surface area (Å²) in [7, 11) is 0. The van der Waals surface area contributed by atoms with E-state index in [9.17, 15) is 4.79 Å². The maximum absolute atomic E-state index is 12.6. The van der Waals surface area contributed by atoms with Gasteiger partial charge in [-0.05, 0) is 31.2 Å². The molecular formula is C16H22N2O. The summed E-state index contributed by atoms with van der Waals surface area (Å²) in [4.78, 5) is 14.7. The highest BCUT2D eigenvalue weighted by Gasteiger charge is 2.43. The quantitative estimate of drug-likeness (QED) is 0.900. The summed E-state index contributed by atoms with van der Waals surface area (Å²) in [6.45, 7) is 2.14. The van der Waals surface area contributed by atoms with Crippen LogP contribution in [-0.4, -0.2) is 22.9 Å². The van der Waals surface area contributed by atoms with E-state index in [1.807, 2.05) is 18.2 Å². The lowest BCUT2D eigenvalue weighted by atomic mass is 9.90. The van der Waals surface area contributed by atoms with E-state index >= 15 is 0 Å². The van der Waals surface area contributed by atoms with Crippen LogP contribution in [0.5, 0.6) is 0 Å². The zero-order valence-corrected chi connectivity index (χ0v) is 11.5. The van der Waals surface area contributed by atoms with Crippen LogP contribution in [0.3, 0.4) is 0 Å². The molecule has 2 fully saturated rings. The lowest BCUT2D eigenvalue weighted by Gasteiger charge is -2.38. The van der Waals surface area contributed by atoms with E-state index in [4.69, 9.17) is 0 Å². The Labute approximate surface area is 115 Å². The number of benzene rings is 1. The minimum Gasteiger partial charge on any atom is -0.319 e. The molecule has 1 aliphatic heterocycles. The first-order valence-corrected chi connectivity index (χ1v) is 7.44. The molecule has 0 aromatic heterocycles. The summed E-state index contributed by atoms with van der Waals surface area (Å²) in [6.07, 6.45) is 5.64. The highest BCUT2D eigenvalue weighted by atomic mass is 16.2. The molecule has 1 N–H and O–H groups in total. The number of nitrogens with zero attached hydrogens (tertiary/aromatic N) is 1. The van der Waals surface area contributed by atoms with Crippen LogP contribution in [0.1, 0.15) is 50.8 Å². The molecule has 3 rings (SSSR count). The van der Waals surface area contributed by atoms with Crippen molar-refractivity contribution in [2.24, 2.45) is 0 Å². The van der Waals surface area contributed by atoms with E-state index in [1.54, 1.807) is 0 Å². The van der Waals surface area contributed by atoms with Gasteiger partial charge in [-0.2, -0.15) is 0 Å². The Balaban J connectivity index is 1.85. The van der Waals surface area contributed by atoms with Gasteiger partial charge < -0.3 is 4.90 Å². The minimum atomic E-state index is 0.0100. The van der Waals surface area contributed by atoms with Gasteiger partial charge in [-0.25, -0.2) is 0 Å². The smallest absolute Gasteiger partial charge is 0.241 e. The van der Waals surface area contributed by atoms with Gasteiger partial charge in [0.15, 0.2) is 0 Å². The number of carbonyl (C=O) groups is 1. The first kappa shape index (κ1) is 12.7. The largest absolute Gasteiger partial charge is 0.319 e. The molecule has 3 nitrogen and oxygen atoms in total. The van der Waals surface area contributed by atoms with E-state index in [1.165, 1.54) is 12.0 Å². The molecule has 1 aromatic rings. The summed E-state index contributed by atoms with van der Waals surface area (Å²) < 4.78 is 0. The molecule has 102 valence electrons. The summed E-state index contributed by atoms with van der Waals surface area (Å²) in [5, 5.41) is 3.53. The predicted molar refractivity (Wildman–Crippen MR) is 75.5 cm³/mol. The summed E-state index contributed by atoms with van der Waals surface area (Å²) in [6, 6.07) is 10.8. The fraction of sp³-hybridized carbons (Fsp3) is 0.562. The third-order valence-electron chi connectivity index (χ3n) is 4.35. The van der Waals surface area contributed by atoms with Crippen LogP contribution in [0.4, 0.5) is 0 Å². The lowest BCUT2D eigenvalue weighted by Crippen LogP contribution is -2.44. The fourth-order valence-corrected chi connectivity index (χ4v) is 3.09. The first-order valence-electron chi connectivity index (χ1n) is 7.44. The van der Waals surface area contributed by atoms with Gasteiger partial charge in [-0.15, -0.1) is 0 Å². The summed E-state index contributed by atoms with van der Waals surface area (Å²) in [5.41, 5.74) is 1.21. The third-order valence-corrected chi connectivity index (χ3v) is 4.35. The van der Waals surface area contributed by atoms with E-state index in [2.05, 4.69) is 29.3 Å². The summed E-state index contributed by atoms with van der Waals surface area (Å²) >= 11 is 0. The van der Waals surface area contributed by atoms with Crippen molar-refractivity contribution in [2.45, 2.75) is 57.3 Å². The molecule has 2 unspecified atom stereocenters. The van der Waals surface area contributed by atoms with Gasteiger partial charge in [0.2, 0.25) is 5.91 Å². The topological polar surface area (TPSA) is 32.3 Å². The monoisotopic (exact) mass is 258 g/mol. The van der Waals surface area contributed by atoms with E-state index < -0.39 is 0 Å². The molecule has 3 heteroatoms. The second kappa shape index (κ2) is 5.33. The Morgan fingerprint density at radius 3 is 2.58 bits per heavy atom. The van der Waals surface area contributed by atoms with E-state index in [0.29, 0.717) is 11.9 Å². The molecule has 0 bridgehead atoms. The van der Waals surface area contributed by atoms with Crippen LogP contribution in [-0.2, 0) is 4.79 Å². The van der Waals surface area contributed by atoms with Crippen molar-refractivity contribution in [3.8, 4) is 0 Å². The molecular weight excluding hydrogens is 236 g/mol. The van der Waals surface area contributed by atoms with Gasteiger partial charge in [0.25, 0.3) is 0 Å². The van der Waals surface area contributed by atoms with Crippen molar-refractivity contribution in [1.82, 2.24) is 10.2 Å². The molecule has 1 aliphatic carbocycles. The number of amides is 1. The standard InChI is InChI=1S/C16H22N2O/c1-2-7-14-16(19)18(13-10-6-11-13)15(17-14)12-8-4-3-5-9-12/h3-5,8-9,13-15,17H,2,6-7,10-11H2,1H3. The van der Waals surface area contributed by atoms with Crippen molar-refractivity contribution >= 4 is 5.91 Å². The number of rotatable bonds is 4. The van der Waals surface area contributed by atoms with Crippen LogP contribution in [0.15, 0.2) is 30.3 Å². The highest BCUT2D eigenvalue weighted by Crippen LogP contribution is 2.35. The SMILES string of the molecule is CCCC1NC(c2ccccc2)N(C2CCC2)C1=O. The molecule has 1 aromatic carbocycles. The maximum Gasteiger partial charge on any atom is 0.241 e. The molecule has 1 heterocycles. The van der Waals surface area contributed by atoms with Crippen LogP contribution < -0.4 is 5.32 Å². The van der Waals surface area contributed by atoms with Gasteiger partial charge in [0, 0.05) is 6.04 Å². The van der Waals surface area contributed by atoms with E-state index in [0.717, 1.165) is 25.7 Å². The van der Waals surface area contributed by atoms with Crippen LogP contribution >= 0.6 is 0 Å². The number of hydrogen-bond acceptors (Lipinski definition) is 2. The zero-order valence-electron chi connectivity index (χ0n) is 11.5. The number of hydrogen-bond donors (Lipinski definition) is 1. The van der Waals surface area contributed by atoms with Gasteiger partial charge >= 0.3 is 0 Å². The first-order chi connectivity index (χ1) is 9.31. The average Bonchev–Trinajstić information content (AvgIpc) is 2.68. The Hall–Kier alpha value is -1.35. The van der Waals surface area contributed by atoms with Gasteiger partial charge in [-0.1, -0.05) is 43.7 Å². The Morgan fingerprint density at radius 2 is 2.00 bits per heavy atom. The predicted octanol–water partition coefficient (Wildman–Crippen LogP) is 2.84. The molecule has 2 aliphatic rings.